The Morgan fingerprint density at radius 2 is 1.61 bits per heavy atom. The second-order valence-corrected chi connectivity index (χ2v) is 4.57. The summed E-state index contributed by atoms with van der Waals surface area (Å²) in [5, 5.41) is 3.47. The highest BCUT2D eigenvalue weighted by Crippen LogP contribution is 2.22. The Hall–Kier alpha value is -1.64. The van der Waals surface area contributed by atoms with Gasteiger partial charge in [-0.1, -0.05) is 54.6 Å². The zero-order valence-electron chi connectivity index (χ0n) is 10.3. The number of hydrogen-bond donors (Lipinski definition) is 1. The summed E-state index contributed by atoms with van der Waals surface area (Å²) in [6, 6.07) is 19.5. The fourth-order valence-corrected chi connectivity index (χ4v) is 2.32. The van der Waals surface area contributed by atoms with Gasteiger partial charge in [0.1, 0.15) is 0 Å². The number of nitrogens with one attached hydrogen (secondary N) is 1. The Kier molecular flexibility index (Phi) is 3.40. The van der Waals surface area contributed by atoms with Crippen LogP contribution in [0.15, 0.2) is 54.6 Å². The number of benzene rings is 2. The first kappa shape index (κ1) is 11.5. The molecule has 1 saturated heterocycles. The van der Waals surface area contributed by atoms with Crippen LogP contribution in [0.5, 0.6) is 0 Å². The largest absolute Gasteiger partial charge is 0.378 e. The first-order valence-corrected chi connectivity index (χ1v) is 6.40. The molecule has 0 radical (unpaired) electrons. The van der Waals surface area contributed by atoms with Gasteiger partial charge in [0.25, 0.3) is 0 Å². The van der Waals surface area contributed by atoms with Gasteiger partial charge in [0.05, 0.1) is 19.3 Å². The van der Waals surface area contributed by atoms with Gasteiger partial charge in [-0.2, -0.15) is 0 Å². The minimum absolute atomic E-state index is 0.337. The minimum atomic E-state index is 0.337. The van der Waals surface area contributed by atoms with Gasteiger partial charge in [-0.05, 0) is 16.7 Å². The van der Waals surface area contributed by atoms with E-state index in [9.17, 15) is 0 Å². The molecular formula is C16H17NO. The van der Waals surface area contributed by atoms with E-state index in [-0.39, 0.29) is 0 Å². The fraction of sp³-hybridized carbons (Fsp3) is 0.250. The van der Waals surface area contributed by atoms with E-state index in [1.807, 2.05) is 6.07 Å². The Morgan fingerprint density at radius 1 is 0.889 bits per heavy atom. The first-order valence-electron chi connectivity index (χ1n) is 6.40. The molecule has 0 unspecified atom stereocenters. The Bertz CT molecular complexity index is 486. The molecule has 0 aromatic heterocycles. The number of ether oxygens (including phenoxy) is 1. The third-order valence-corrected chi connectivity index (χ3v) is 3.34. The highest BCUT2D eigenvalue weighted by Gasteiger charge is 2.14. The molecule has 0 amide bonds. The van der Waals surface area contributed by atoms with Crippen LogP contribution in [0.1, 0.15) is 11.6 Å². The second kappa shape index (κ2) is 5.34. The summed E-state index contributed by atoms with van der Waals surface area (Å²) in [6.45, 7) is 2.52. The average Bonchev–Trinajstić information content (AvgIpc) is 2.49. The van der Waals surface area contributed by atoms with Crippen molar-refractivity contribution >= 4 is 0 Å². The van der Waals surface area contributed by atoms with Crippen molar-refractivity contribution in [3.05, 3.63) is 60.2 Å². The van der Waals surface area contributed by atoms with Crippen molar-refractivity contribution in [2.75, 3.05) is 19.8 Å². The van der Waals surface area contributed by atoms with Crippen LogP contribution in [0.3, 0.4) is 0 Å². The maximum Gasteiger partial charge on any atom is 0.0662 e. The monoisotopic (exact) mass is 239 g/mol. The highest BCUT2D eigenvalue weighted by molar-refractivity contribution is 5.63. The van der Waals surface area contributed by atoms with Crippen molar-refractivity contribution in [2.24, 2.45) is 0 Å². The van der Waals surface area contributed by atoms with E-state index in [0.717, 1.165) is 19.8 Å². The van der Waals surface area contributed by atoms with Crippen LogP contribution < -0.4 is 5.32 Å². The molecule has 1 heterocycles. The molecule has 2 nitrogen and oxygen atoms in total. The molecule has 1 N–H and O–H groups in total. The van der Waals surface area contributed by atoms with Gasteiger partial charge < -0.3 is 10.1 Å². The zero-order chi connectivity index (χ0) is 12.2. The van der Waals surface area contributed by atoms with Crippen LogP contribution in [0.2, 0.25) is 0 Å². The third-order valence-electron chi connectivity index (χ3n) is 3.34. The SMILES string of the molecule is c1ccc(-c2ccc([C@H]3COCCN3)cc2)cc1. The van der Waals surface area contributed by atoms with Gasteiger partial charge in [-0.25, -0.2) is 0 Å². The number of hydrogen-bond acceptors (Lipinski definition) is 2. The van der Waals surface area contributed by atoms with Crippen molar-refractivity contribution in [1.29, 1.82) is 0 Å². The Balaban J connectivity index is 1.80. The van der Waals surface area contributed by atoms with Gasteiger partial charge >= 0.3 is 0 Å². The van der Waals surface area contributed by atoms with E-state index in [2.05, 4.69) is 53.8 Å². The van der Waals surface area contributed by atoms with E-state index < -0.39 is 0 Å². The van der Waals surface area contributed by atoms with Crippen LogP contribution in [-0.2, 0) is 4.74 Å². The lowest BCUT2D eigenvalue weighted by Gasteiger charge is -2.24. The molecule has 2 aromatic rings. The normalized spacial score (nSPS) is 19.7. The van der Waals surface area contributed by atoms with Gasteiger partial charge in [-0.15, -0.1) is 0 Å². The van der Waals surface area contributed by atoms with E-state index in [4.69, 9.17) is 4.74 Å². The van der Waals surface area contributed by atoms with Crippen molar-refractivity contribution in [3.8, 4) is 11.1 Å². The summed E-state index contributed by atoms with van der Waals surface area (Å²) < 4.78 is 5.49. The summed E-state index contributed by atoms with van der Waals surface area (Å²) in [6.07, 6.45) is 0. The van der Waals surface area contributed by atoms with Gasteiger partial charge in [0.2, 0.25) is 0 Å². The Labute approximate surface area is 108 Å². The molecular weight excluding hydrogens is 222 g/mol. The molecule has 1 fully saturated rings. The van der Waals surface area contributed by atoms with E-state index >= 15 is 0 Å². The van der Waals surface area contributed by atoms with Crippen molar-refractivity contribution in [3.63, 3.8) is 0 Å². The Morgan fingerprint density at radius 3 is 2.28 bits per heavy atom. The summed E-state index contributed by atoms with van der Waals surface area (Å²) in [7, 11) is 0. The average molecular weight is 239 g/mol. The summed E-state index contributed by atoms with van der Waals surface area (Å²) in [5.41, 5.74) is 3.82. The second-order valence-electron chi connectivity index (χ2n) is 4.57. The molecule has 2 heteroatoms. The lowest BCUT2D eigenvalue weighted by atomic mass is 10.0. The van der Waals surface area contributed by atoms with Gasteiger partial charge in [-0.3, -0.25) is 0 Å². The van der Waals surface area contributed by atoms with Crippen molar-refractivity contribution < 1.29 is 4.74 Å². The minimum Gasteiger partial charge on any atom is -0.378 e. The zero-order valence-corrected chi connectivity index (χ0v) is 10.3. The summed E-state index contributed by atoms with van der Waals surface area (Å²) in [4.78, 5) is 0. The van der Waals surface area contributed by atoms with Gasteiger partial charge in [0, 0.05) is 6.54 Å². The van der Waals surface area contributed by atoms with Crippen LogP contribution in [0.4, 0.5) is 0 Å². The maximum atomic E-state index is 5.49. The lowest BCUT2D eigenvalue weighted by Crippen LogP contribution is -2.34. The van der Waals surface area contributed by atoms with Gasteiger partial charge in [0.15, 0.2) is 0 Å². The molecule has 2 aromatic carbocycles. The van der Waals surface area contributed by atoms with Crippen LogP contribution in [0, 0.1) is 0 Å². The fourth-order valence-electron chi connectivity index (χ4n) is 2.32. The number of morpholine rings is 1. The van der Waals surface area contributed by atoms with E-state index in [1.54, 1.807) is 0 Å². The smallest absolute Gasteiger partial charge is 0.0662 e. The standard InChI is InChI=1S/C16H17NO/c1-2-4-13(5-3-1)14-6-8-15(9-7-14)16-12-18-11-10-17-16/h1-9,16-17H,10-12H2/t16-/m1/s1. The highest BCUT2D eigenvalue weighted by atomic mass is 16.5. The summed E-state index contributed by atoms with van der Waals surface area (Å²) in [5.74, 6) is 0. The van der Waals surface area contributed by atoms with Crippen LogP contribution >= 0.6 is 0 Å². The lowest BCUT2D eigenvalue weighted by molar-refractivity contribution is 0.0769. The maximum absolute atomic E-state index is 5.49. The molecule has 0 saturated carbocycles. The third kappa shape index (κ3) is 2.45. The van der Waals surface area contributed by atoms with Crippen LogP contribution in [0.25, 0.3) is 11.1 Å². The van der Waals surface area contributed by atoms with Crippen molar-refractivity contribution in [1.82, 2.24) is 5.32 Å². The topological polar surface area (TPSA) is 21.3 Å². The molecule has 1 aliphatic heterocycles. The molecule has 1 atom stereocenters. The van der Waals surface area contributed by atoms with Crippen LogP contribution in [-0.4, -0.2) is 19.8 Å². The number of rotatable bonds is 2. The quantitative estimate of drug-likeness (QED) is 0.869. The van der Waals surface area contributed by atoms with Crippen molar-refractivity contribution in [2.45, 2.75) is 6.04 Å². The molecule has 92 valence electrons. The first-order chi connectivity index (χ1) is 8.93. The predicted molar refractivity (Wildman–Crippen MR) is 73.4 cm³/mol. The van der Waals surface area contributed by atoms with E-state index in [1.165, 1.54) is 16.7 Å². The molecule has 18 heavy (non-hydrogen) atoms. The molecule has 0 spiro atoms. The predicted octanol–water partition coefficient (Wildman–Crippen LogP) is 3.01. The molecule has 1 aliphatic rings. The van der Waals surface area contributed by atoms with E-state index in [0.29, 0.717) is 6.04 Å². The molecule has 3 rings (SSSR count). The summed E-state index contributed by atoms with van der Waals surface area (Å²) >= 11 is 0. The molecule has 0 aliphatic carbocycles. The molecule has 0 bridgehead atoms.